The minimum atomic E-state index is -3.35. The monoisotopic (exact) mass is 311 g/mol. The summed E-state index contributed by atoms with van der Waals surface area (Å²) in [6.45, 7) is 2.62. The Morgan fingerprint density at radius 3 is 2.86 bits per heavy atom. The molecule has 0 saturated carbocycles. The molecule has 0 spiro atoms. The summed E-state index contributed by atoms with van der Waals surface area (Å²) in [6, 6.07) is 5.01. The molecule has 1 aliphatic rings. The van der Waals surface area contributed by atoms with Crippen molar-refractivity contribution in [2.75, 3.05) is 12.8 Å². The number of sulfonamides is 1. The van der Waals surface area contributed by atoms with E-state index in [1.165, 1.54) is 4.31 Å². The van der Waals surface area contributed by atoms with E-state index in [9.17, 15) is 13.2 Å². The van der Waals surface area contributed by atoms with Crippen molar-refractivity contribution in [2.45, 2.75) is 38.8 Å². The molecule has 0 radical (unpaired) electrons. The van der Waals surface area contributed by atoms with Crippen LogP contribution in [0.3, 0.4) is 0 Å². The van der Waals surface area contributed by atoms with Gasteiger partial charge < -0.3 is 5.32 Å². The molecule has 1 aliphatic heterocycles. The summed E-state index contributed by atoms with van der Waals surface area (Å²) in [5, 5.41) is 2.79. The van der Waals surface area contributed by atoms with Crippen LogP contribution in [-0.4, -0.2) is 42.5 Å². The summed E-state index contributed by atoms with van der Waals surface area (Å²) in [4.78, 5) is 16.6. The van der Waals surface area contributed by atoms with Gasteiger partial charge in [-0.1, -0.05) is 12.5 Å². The molecule has 1 saturated heterocycles. The van der Waals surface area contributed by atoms with Crippen LogP contribution in [0.5, 0.6) is 0 Å². The van der Waals surface area contributed by atoms with Crippen LogP contribution in [0.15, 0.2) is 18.2 Å². The van der Waals surface area contributed by atoms with E-state index in [0.717, 1.165) is 30.5 Å². The number of carbonyl (C=O) groups excluding carboxylic acids is 1. The Labute approximate surface area is 125 Å². The molecule has 1 atom stereocenters. The van der Waals surface area contributed by atoms with Crippen molar-refractivity contribution in [3.63, 3.8) is 0 Å². The van der Waals surface area contributed by atoms with Gasteiger partial charge in [-0.3, -0.25) is 9.78 Å². The third-order valence-corrected chi connectivity index (χ3v) is 4.86. The van der Waals surface area contributed by atoms with E-state index in [1.807, 2.05) is 25.1 Å². The van der Waals surface area contributed by atoms with Crippen molar-refractivity contribution in [1.82, 2.24) is 14.6 Å². The zero-order chi connectivity index (χ0) is 15.5. The number of hydrogen-bond acceptors (Lipinski definition) is 4. The van der Waals surface area contributed by atoms with Gasteiger partial charge >= 0.3 is 0 Å². The van der Waals surface area contributed by atoms with Crippen molar-refractivity contribution in [1.29, 1.82) is 0 Å². The topological polar surface area (TPSA) is 79.4 Å². The second kappa shape index (κ2) is 6.53. The van der Waals surface area contributed by atoms with Gasteiger partial charge in [0, 0.05) is 12.2 Å². The Kier molecular flexibility index (Phi) is 4.95. The average molecular weight is 311 g/mol. The summed E-state index contributed by atoms with van der Waals surface area (Å²) in [5.74, 6) is -0.247. The number of carbonyl (C=O) groups is 1. The number of aryl methyl sites for hydroxylation is 1. The number of rotatable bonds is 4. The molecule has 6 nitrogen and oxygen atoms in total. The number of nitrogens with one attached hydrogen (secondary N) is 1. The van der Waals surface area contributed by atoms with E-state index < -0.39 is 16.1 Å². The van der Waals surface area contributed by atoms with Gasteiger partial charge in [0.25, 0.3) is 0 Å². The van der Waals surface area contributed by atoms with Crippen molar-refractivity contribution in [3.8, 4) is 0 Å². The Morgan fingerprint density at radius 2 is 2.19 bits per heavy atom. The van der Waals surface area contributed by atoms with Gasteiger partial charge in [0.1, 0.15) is 6.04 Å². The normalized spacial score (nSPS) is 20.2. The number of aromatic nitrogens is 1. The first kappa shape index (κ1) is 15.9. The predicted octanol–water partition coefficient (Wildman–Crippen LogP) is 0.820. The van der Waals surface area contributed by atoms with Crippen molar-refractivity contribution < 1.29 is 13.2 Å². The van der Waals surface area contributed by atoms with E-state index in [-0.39, 0.29) is 5.91 Å². The Hall–Kier alpha value is -1.47. The van der Waals surface area contributed by atoms with Gasteiger partial charge in [-0.15, -0.1) is 0 Å². The highest BCUT2D eigenvalue weighted by Crippen LogP contribution is 2.20. The molecule has 1 aromatic rings. The third-order valence-electron chi connectivity index (χ3n) is 3.57. The Balaban J connectivity index is 2.01. The van der Waals surface area contributed by atoms with Gasteiger partial charge in [-0.2, -0.15) is 4.31 Å². The molecule has 1 unspecified atom stereocenters. The third kappa shape index (κ3) is 4.25. The lowest BCUT2D eigenvalue weighted by Crippen LogP contribution is -2.51. The lowest BCUT2D eigenvalue weighted by atomic mass is 10.0. The standard InChI is InChI=1S/C14H21N3O3S/c1-11-6-5-7-12(16-11)10-15-14(18)13-8-3-4-9-17(13)21(2,19)20/h5-7,13H,3-4,8-10H2,1-2H3,(H,15,18). The fourth-order valence-electron chi connectivity index (χ4n) is 2.56. The average Bonchev–Trinajstić information content (AvgIpc) is 2.44. The number of nitrogens with zero attached hydrogens (tertiary/aromatic N) is 2. The van der Waals surface area contributed by atoms with E-state index in [0.29, 0.717) is 19.5 Å². The van der Waals surface area contributed by atoms with Crippen molar-refractivity contribution in [2.24, 2.45) is 0 Å². The molecule has 21 heavy (non-hydrogen) atoms. The highest BCUT2D eigenvalue weighted by atomic mass is 32.2. The molecule has 116 valence electrons. The lowest BCUT2D eigenvalue weighted by molar-refractivity contribution is -0.125. The molecule has 1 fully saturated rings. The van der Waals surface area contributed by atoms with Crippen LogP contribution in [-0.2, 0) is 21.4 Å². The first-order valence-electron chi connectivity index (χ1n) is 7.05. The number of amides is 1. The molecule has 2 heterocycles. The van der Waals surface area contributed by atoms with E-state index in [1.54, 1.807) is 0 Å². The van der Waals surface area contributed by atoms with Gasteiger partial charge in [0.2, 0.25) is 15.9 Å². The number of hydrogen-bond donors (Lipinski definition) is 1. The molecule has 2 rings (SSSR count). The second-order valence-electron chi connectivity index (χ2n) is 5.37. The van der Waals surface area contributed by atoms with Crippen LogP contribution < -0.4 is 5.32 Å². The van der Waals surface area contributed by atoms with Crippen molar-refractivity contribution in [3.05, 3.63) is 29.6 Å². The van der Waals surface area contributed by atoms with Crippen LogP contribution in [0, 0.1) is 6.92 Å². The maximum Gasteiger partial charge on any atom is 0.238 e. The van der Waals surface area contributed by atoms with Crippen LogP contribution in [0.25, 0.3) is 0 Å². The Morgan fingerprint density at radius 1 is 1.43 bits per heavy atom. The van der Waals surface area contributed by atoms with Gasteiger partial charge in [-0.25, -0.2) is 8.42 Å². The number of piperidine rings is 1. The van der Waals surface area contributed by atoms with Gasteiger partial charge in [-0.05, 0) is 31.9 Å². The van der Waals surface area contributed by atoms with E-state index >= 15 is 0 Å². The number of pyridine rings is 1. The lowest BCUT2D eigenvalue weighted by Gasteiger charge is -2.32. The zero-order valence-corrected chi connectivity index (χ0v) is 13.2. The zero-order valence-electron chi connectivity index (χ0n) is 12.4. The summed E-state index contributed by atoms with van der Waals surface area (Å²) < 4.78 is 24.8. The highest BCUT2D eigenvalue weighted by molar-refractivity contribution is 7.88. The van der Waals surface area contributed by atoms with Crippen molar-refractivity contribution >= 4 is 15.9 Å². The molecule has 1 amide bonds. The molecule has 0 aliphatic carbocycles. The molecule has 7 heteroatoms. The molecule has 0 bridgehead atoms. The van der Waals surface area contributed by atoms with E-state index in [4.69, 9.17) is 0 Å². The van der Waals surface area contributed by atoms with Crippen LogP contribution in [0.1, 0.15) is 30.7 Å². The largest absolute Gasteiger partial charge is 0.349 e. The summed E-state index contributed by atoms with van der Waals surface area (Å²) in [5.41, 5.74) is 1.65. The smallest absolute Gasteiger partial charge is 0.238 e. The van der Waals surface area contributed by atoms with Crippen LogP contribution >= 0.6 is 0 Å². The first-order chi connectivity index (χ1) is 9.88. The molecule has 0 aromatic carbocycles. The SMILES string of the molecule is Cc1cccc(CNC(=O)C2CCCCN2S(C)(=O)=O)n1. The first-order valence-corrected chi connectivity index (χ1v) is 8.90. The Bertz CT molecular complexity index is 616. The quantitative estimate of drug-likeness (QED) is 0.893. The molecular formula is C14H21N3O3S. The second-order valence-corrected chi connectivity index (χ2v) is 7.31. The fraction of sp³-hybridized carbons (Fsp3) is 0.571. The maximum absolute atomic E-state index is 12.3. The predicted molar refractivity (Wildman–Crippen MR) is 80.0 cm³/mol. The summed E-state index contributed by atoms with van der Waals surface area (Å²) in [7, 11) is -3.35. The summed E-state index contributed by atoms with van der Waals surface area (Å²) >= 11 is 0. The maximum atomic E-state index is 12.3. The fourth-order valence-corrected chi connectivity index (χ4v) is 3.68. The van der Waals surface area contributed by atoms with Crippen LogP contribution in [0.4, 0.5) is 0 Å². The highest BCUT2D eigenvalue weighted by Gasteiger charge is 2.34. The van der Waals surface area contributed by atoms with E-state index in [2.05, 4.69) is 10.3 Å². The van der Waals surface area contributed by atoms with Gasteiger partial charge in [0.05, 0.1) is 18.5 Å². The molecule has 1 N–H and O–H groups in total. The van der Waals surface area contributed by atoms with Crippen LogP contribution in [0.2, 0.25) is 0 Å². The summed E-state index contributed by atoms with van der Waals surface area (Å²) in [6.07, 6.45) is 3.39. The minimum absolute atomic E-state index is 0.247. The molecular weight excluding hydrogens is 290 g/mol. The minimum Gasteiger partial charge on any atom is -0.349 e. The molecule has 1 aromatic heterocycles. The van der Waals surface area contributed by atoms with Gasteiger partial charge in [0.15, 0.2) is 0 Å².